The van der Waals surface area contributed by atoms with Crippen LogP contribution in [0.2, 0.25) is 0 Å². The van der Waals surface area contributed by atoms with Crippen LogP contribution in [0.4, 0.5) is 8.78 Å². The van der Waals surface area contributed by atoms with Crippen LogP contribution in [-0.2, 0) is 11.3 Å². The van der Waals surface area contributed by atoms with Crippen LogP contribution in [0.25, 0.3) is 0 Å². The molecule has 1 fully saturated rings. The van der Waals surface area contributed by atoms with Crippen LogP contribution in [0.5, 0.6) is 0 Å². The molecule has 1 aliphatic carbocycles. The molecule has 1 saturated carbocycles. The third-order valence-electron chi connectivity index (χ3n) is 3.39. The van der Waals surface area contributed by atoms with Gasteiger partial charge in [-0.25, -0.2) is 8.78 Å². The summed E-state index contributed by atoms with van der Waals surface area (Å²) in [6.07, 6.45) is 3.26. The van der Waals surface area contributed by atoms with Crippen LogP contribution in [0, 0.1) is 11.6 Å². The Balaban J connectivity index is 1.95. The Hall–Kier alpha value is -1.49. The van der Waals surface area contributed by atoms with Gasteiger partial charge in [-0.1, -0.05) is 18.9 Å². The molecule has 3 N–H and O–H groups in total. The fourth-order valence-corrected chi connectivity index (χ4v) is 2.24. The summed E-state index contributed by atoms with van der Waals surface area (Å²) in [5, 5.41) is 2.68. The minimum Gasteiger partial charge on any atom is -0.350 e. The molecule has 0 heterocycles. The van der Waals surface area contributed by atoms with Crippen molar-refractivity contribution < 1.29 is 13.6 Å². The van der Waals surface area contributed by atoms with Crippen LogP contribution >= 0.6 is 0 Å². The summed E-state index contributed by atoms with van der Waals surface area (Å²) in [7, 11) is 0. The summed E-state index contributed by atoms with van der Waals surface area (Å²) in [6.45, 7) is 0.162. The van der Waals surface area contributed by atoms with Gasteiger partial charge in [0.2, 0.25) is 5.91 Å². The molecule has 3 nitrogen and oxygen atoms in total. The highest BCUT2D eigenvalue weighted by molar-refractivity contribution is 5.86. The van der Waals surface area contributed by atoms with Gasteiger partial charge < -0.3 is 11.1 Å². The number of carbonyl (C=O) groups is 1. The lowest BCUT2D eigenvalue weighted by Gasteiger charge is -2.22. The van der Waals surface area contributed by atoms with Gasteiger partial charge in [-0.2, -0.15) is 0 Å². The van der Waals surface area contributed by atoms with Crippen LogP contribution in [0.1, 0.15) is 31.2 Å². The van der Waals surface area contributed by atoms with Crippen molar-refractivity contribution in [1.82, 2.24) is 5.32 Å². The molecule has 0 unspecified atom stereocenters. The number of carbonyl (C=O) groups excluding carboxylic acids is 1. The molecule has 1 aromatic rings. The summed E-state index contributed by atoms with van der Waals surface area (Å²) >= 11 is 0. The van der Waals surface area contributed by atoms with Crippen molar-refractivity contribution in [3.8, 4) is 0 Å². The number of rotatable bonds is 3. The zero-order valence-electron chi connectivity index (χ0n) is 10.0. The van der Waals surface area contributed by atoms with Crippen LogP contribution in [0.3, 0.4) is 0 Å². The van der Waals surface area contributed by atoms with Gasteiger partial charge in [0.1, 0.15) is 0 Å². The maximum atomic E-state index is 13.0. The number of benzene rings is 1. The Labute approximate surface area is 104 Å². The van der Waals surface area contributed by atoms with E-state index >= 15 is 0 Å². The summed E-state index contributed by atoms with van der Waals surface area (Å²) in [5.74, 6) is -2.02. The molecule has 0 atom stereocenters. The average Bonchev–Trinajstić information content (AvgIpc) is 2.79. The molecule has 0 spiro atoms. The lowest BCUT2D eigenvalue weighted by Crippen LogP contribution is -2.51. The Morgan fingerprint density at radius 3 is 2.56 bits per heavy atom. The quantitative estimate of drug-likeness (QED) is 0.865. The van der Waals surface area contributed by atoms with E-state index in [9.17, 15) is 13.6 Å². The molecule has 0 saturated heterocycles. The highest BCUT2D eigenvalue weighted by Gasteiger charge is 2.36. The van der Waals surface area contributed by atoms with Crippen molar-refractivity contribution in [2.24, 2.45) is 5.73 Å². The van der Waals surface area contributed by atoms with Gasteiger partial charge in [0.25, 0.3) is 0 Å². The monoisotopic (exact) mass is 254 g/mol. The van der Waals surface area contributed by atoms with E-state index in [1.165, 1.54) is 6.07 Å². The van der Waals surface area contributed by atoms with Crippen molar-refractivity contribution in [1.29, 1.82) is 0 Å². The Bertz CT molecular complexity index is 456. The van der Waals surface area contributed by atoms with E-state index in [1.54, 1.807) is 0 Å². The number of halogens is 2. The molecule has 2 rings (SSSR count). The van der Waals surface area contributed by atoms with Gasteiger partial charge in [0.15, 0.2) is 11.6 Å². The van der Waals surface area contributed by atoms with Gasteiger partial charge in [0, 0.05) is 6.54 Å². The molecular formula is C13H16F2N2O. The first kappa shape index (κ1) is 13.0. The van der Waals surface area contributed by atoms with Crippen molar-refractivity contribution in [3.63, 3.8) is 0 Å². The molecule has 1 aromatic carbocycles. The van der Waals surface area contributed by atoms with E-state index in [0.29, 0.717) is 18.4 Å². The van der Waals surface area contributed by atoms with Gasteiger partial charge in [0.05, 0.1) is 5.54 Å². The molecule has 0 aromatic heterocycles. The normalized spacial score (nSPS) is 17.7. The van der Waals surface area contributed by atoms with Gasteiger partial charge >= 0.3 is 0 Å². The zero-order valence-corrected chi connectivity index (χ0v) is 10.0. The first-order valence-electron chi connectivity index (χ1n) is 6.02. The standard InChI is InChI=1S/C13H16F2N2O/c14-10-4-3-9(7-11(10)15)8-17-12(18)13(16)5-1-2-6-13/h3-4,7H,1-2,5-6,8,16H2,(H,17,18). The molecular weight excluding hydrogens is 238 g/mol. The van der Waals surface area contributed by atoms with E-state index in [1.807, 2.05) is 0 Å². The van der Waals surface area contributed by atoms with Gasteiger partial charge in [-0.15, -0.1) is 0 Å². The van der Waals surface area contributed by atoms with E-state index < -0.39 is 17.2 Å². The van der Waals surface area contributed by atoms with Crippen LogP contribution in [-0.4, -0.2) is 11.4 Å². The Morgan fingerprint density at radius 1 is 1.28 bits per heavy atom. The van der Waals surface area contributed by atoms with E-state index in [4.69, 9.17) is 5.73 Å². The highest BCUT2D eigenvalue weighted by Crippen LogP contribution is 2.27. The third kappa shape index (κ3) is 2.67. The minimum absolute atomic E-state index is 0.162. The number of nitrogens with two attached hydrogens (primary N) is 1. The highest BCUT2D eigenvalue weighted by atomic mass is 19.2. The smallest absolute Gasteiger partial charge is 0.240 e. The first-order chi connectivity index (χ1) is 8.51. The number of amides is 1. The maximum Gasteiger partial charge on any atom is 0.240 e. The molecule has 0 bridgehead atoms. The minimum atomic E-state index is -0.912. The number of hydrogen-bond donors (Lipinski definition) is 2. The van der Waals surface area contributed by atoms with Gasteiger partial charge in [-0.05, 0) is 30.5 Å². The van der Waals surface area contributed by atoms with Crippen LogP contribution < -0.4 is 11.1 Å². The molecule has 1 aliphatic rings. The molecule has 0 radical (unpaired) electrons. The number of nitrogens with one attached hydrogen (secondary N) is 1. The predicted molar refractivity (Wildman–Crippen MR) is 63.6 cm³/mol. The molecule has 1 amide bonds. The van der Waals surface area contributed by atoms with E-state index in [0.717, 1.165) is 25.0 Å². The fraction of sp³-hybridized carbons (Fsp3) is 0.462. The summed E-state index contributed by atoms with van der Waals surface area (Å²) in [4.78, 5) is 11.9. The van der Waals surface area contributed by atoms with Crippen molar-refractivity contribution in [3.05, 3.63) is 35.4 Å². The third-order valence-corrected chi connectivity index (χ3v) is 3.39. The number of hydrogen-bond acceptors (Lipinski definition) is 2. The van der Waals surface area contributed by atoms with Crippen molar-refractivity contribution >= 4 is 5.91 Å². The summed E-state index contributed by atoms with van der Waals surface area (Å²) in [5.41, 5.74) is 5.70. The second-order valence-corrected chi connectivity index (χ2v) is 4.79. The second kappa shape index (κ2) is 5.02. The van der Waals surface area contributed by atoms with Crippen molar-refractivity contribution in [2.75, 3.05) is 0 Å². The fourth-order valence-electron chi connectivity index (χ4n) is 2.24. The van der Waals surface area contributed by atoms with E-state index in [2.05, 4.69) is 5.32 Å². The first-order valence-corrected chi connectivity index (χ1v) is 6.02. The predicted octanol–water partition coefficient (Wildman–Crippen LogP) is 1.85. The largest absolute Gasteiger partial charge is 0.350 e. The van der Waals surface area contributed by atoms with Gasteiger partial charge in [-0.3, -0.25) is 4.79 Å². The average molecular weight is 254 g/mol. The SMILES string of the molecule is NC1(C(=O)NCc2ccc(F)c(F)c2)CCCC1. The Morgan fingerprint density at radius 2 is 1.94 bits per heavy atom. The lowest BCUT2D eigenvalue weighted by atomic mass is 9.98. The summed E-state index contributed by atoms with van der Waals surface area (Å²) < 4.78 is 25.7. The molecule has 0 aliphatic heterocycles. The molecule has 98 valence electrons. The zero-order chi connectivity index (χ0) is 13.2. The van der Waals surface area contributed by atoms with Crippen molar-refractivity contribution in [2.45, 2.75) is 37.8 Å². The van der Waals surface area contributed by atoms with E-state index in [-0.39, 0.29) is 12.5 Å². The summed E-state index contributed by atoms with van der Waals surface area (Å²) in [6, 6.07) is 3.56. The Kier molecular flexibility index (Phi) is 3.61. The lowest BCUT2D eigenvalue weighted by molar-refractivity contribution is -0.126. The van der Waals surface area contributed by atoms with Crippen LogP contribution in [0.15, 0.2) is 18.2 Å². The second-order valence-electron chi connectivity index (χ2n) is 4.79. The maximum absolute atomic E-state index is 13.0. The topological polar surface area (TPSA) is 55.1 Å². The molecule has 5 heteroatoms. The molecule has 18 heavy (non-hydrogen) atoms.